The van der Waals surface area contributed by atoms with E-state index in [1.807, 2.05) is 12.1 Å². The minimum Gasteiger partial charge on any atom is -0.347 e. The number of hydrogen-bond acceptors (Lipinski definition) is 0. The summed E-state index contributed by atoms with van der Waals surface area (Å²) in [5.74, 6) is 0. The smallest absolute Gasteiger partial charge is 0.0509 e. The molecule has 0 bridgehead atoms. The van der Waals surface area contributed by atoms with Gasteiger partial charge in [0.25, 0.3) is 0 Å². The van der Waals surface area contributed by atoms with Crippen molar-refractivity contribution in [1.82, 2.24) is 4.57 Å². The predicted molar refractivity (Wildman–Crippen MR) is 74.6 cm³/mol. The molecule has 1 heterocycles. The summed E-state index contributed by atoms with van der Waals surface area (Å²) in [5, 5.41) is 0.786. The van der Waals surface area contributed by atoms with Crippen LogP contribution in [0.4, 0.5) is 0 Å². The van der Waals surface area contributed by atoms with Crippen molar-refractivity contribution in [1.29, 1.82) is 0 Å². The monoisotopic (exact) mass is 247 g/mol. The van der Waals surface area contributed by atoms with Crippen LogP contribution in [0.3, 0.4) is 0 Å². The van der Waals surface area contributed by atoms with Crippen molar-refractivity contribution in [2.45, 2.75) is 26.7 Å². The van der Waals surface area contributed by atoms with Crippen LogP contribution in [-0.4, -0.2) is 4.57 Å². The van der Waals surface area contributed by atoms with Crippen molar-refractivity contribution in [2.75, 3.05) is 0 Å². The van der Waals surface area contributed by atoms with E-state index < -0.39 is 0 Å². The topological polar surface area (TPSA) is 4.93 Å². The Balaban J connectivity index is 2.48. The van der Waals surface area contributed by atoms with E-state index in [2.05, 4.69) is 43.7 Å². The van der Waals surface area contributed by atoms with Crippen molar-refractivity contribution >= 4 is 11.6 Å². The van der Waals surface area contributed by atoms with Gasteiger partial charge in [0.15, 0.2) is 0 Å². The summed E-state index contributed by atoms with van der Waals surface area (Å²) in [5.41, 5.74) is 5.26. The van der Waals surface area contributed by atoms with Gasteiger partial charge in [-0.25, -0.2) is 0 Å². The first-order valence-electron chi connectivity index (χ1n) is 6.04. The van der Waals surface area contributed by atoms with E-state index in [0.29, 0.717) is 0 Å². The Bertz CT molecular complexity index is 508. The third-order valence-electron chi connectivity index (χ3n) is 3.15. The molecule has 2 heteroatoms. The Morgan fingerprint density at radius 3 is 2.41 bits per heavy atom. The van der Waals surface area contributed by atoms with E-state index in [1.165, 1.54) is 28.9 Å². The fraction of sp³-hybridized carbons (Fsp3) is 0.333. The Morgan fingerprint density at radius 2 is 1.82 bits per heavy atom. The quantitative estimate of drug-likeness (QED) is 0.747. The highest BCUT2D eigenvalue weighted by Crippen LogP contribution is 2.27. The van der Waals surface area contributed by atoms with Crippen LogP contribution < -0.4 is 0 Å². The molecule has 0 aliphatic rings. The van der Waals surface area contributed by atoms with Crippen LogP contribution in [0.25, 0.3) is 11.3 Å². The van der Waals surface area contributed by atoms with Gasteiger partial charge in [-0.2, -0.15) is 0 Å². The van der Waals surface area contributed by atoms with E-state index in [-0.39, 0.29) is 0 Å². The molecule has 1 nitrogen and oxygen atoms in total. The van der Waals surface area contributed by atoms with Crippen molar-refractivity contribution in [3.63, 3.8) is 0 Å². The summed E-state index contributed by atoms with van der Waals surface area (Å²) in [6.45, 7) is 4.38. The van der Waals surface area contributed by atoms with Gasteiger partial charge in [0, 0.05) is 17.8 Å². The lowest BCUT2D eigenvalue weighted by Gasteiger charge is -2.08. The van der Waals surface area contributed by atoms with E-state index in [9.17, 15) is 0 Å². The lowest BCUT2D eigenvalue weighted by atomic mass is 10.1. The highest BCUT2D eigenvalue weighted by Gasteiger charge is 2.10. The zero-order chi connectivity index (χ0) is 12.4. The lowest BCUT2D eigenvalue weighted by Crippen LogP contribution is -1.98. The highest BCUT2D eigenvalue weighted by molar-refractivity contribution is 6.30. The molecule has 0 aliphatic heterocycles. The number of nitrogens with zero attached hydrogens (tertiary/aromatic N) is 1. The summed E-state index contributed by atoms with van der Waals surface area (Å²) >= 11 is 5.93. The average Bonchev–Trinajstić information content (AvgIpc) is 2.57. The maximum Gasteiger partial charge on any atom is 0.0509 e. The van der Waals surface area contributed by atoms with E-state index in [4.69, 9.17) is 11.6 Å². The second kappa shape index (κ2) is 4.97. The maximum absolute atomic E-state index is 5.93. The van der Waals surface area contributed by atoms with E-state index >= 15 is 0 Å². The first-order valence-corrected chi connectivity index (χ1v) is 6.42. The molecule has 0 saturated carbocycles. The highest BCUT2D eigenvalue weighted by atomic mass is 35.5. The molecule has 1 aromatic carbocycles. The molecule has 0 radical (unpaired) electrons. The third kappa shape index (κ3) is 2.39. The fourth-order valence-corrected chi connectivity index (χ4v) is 2.47. The molecule has 0 spiro atoms. The lowest BCUT2D eigenvalue weighted by molar-refractivity contribution is 0.792. The Kier molecular flexibility index (Phi) is 3.58. The van der Waals surface area contributed by atoms with Gasteiger partial charge >= 0.3 is 0 Å². The Labute approximate surface area is 108 Å². The van der Waals surface area contributed by atoms with Crippen LogP contribution in [-0.2, 0) is 13.5 Å². The third-order valence-corrected chi connectivity index (χ3v) is 3.40. The zero-order valence-corrected chi connectivity index (χ0v) is 11.4. The van der Waals surface area contributed by atoms with E-state index in [1.54, 1.807) is 0 Å². The SMILES string of the molecule is CCCc1cc(C)c(-c2ccc(Cl)cc2)n1C. The average molecular weight is 248 g/mol. The molecule has 0 unspecified atom stereocenters. The zero-order valence-electron chi connectivity index (χ0n) is 10.6. The number of halogens is 1. The van der Waals surface area contributed by atoms with Crippen LogP contribution in [0, 0.1) is 6.92 Å². The molecule has 0 N–H and O–H groups in total. The van der Waals surface area contributed by atoms with Gasteiger partial charge in [0.05, 0.1) is 5.69 Å². The summed E-state index contributed by atoms with van der Waals surface area (Å²) in [4.78, 5) is 0. The van der Waals surface area contributed by atoms with Gasteiger partial charge in [0.1, 0.15) is 0 Å². The van der Waals surface area contributed by atoms with Gasteiger partial charge in [0.2, 0.25) is 0 Å². The van der Waals surface area contributed by atoms with Crippen molar-refractivity contribution in [3.8, 4) is 11.3 Å². The minimum absolute atomic E-state index is 0.786. The van der Waals surface area contributed by atoms with Crippen molar-refractivity contribution < 1.29 is 0 Å². The van der Waals surface area contributed by atoms with Gasteiger partial charge < -0.3 is 4.57 Å². The van der Waals surface area contributed by atoms with Gasteiger partial charge in [-0.15, -0.1) is 0 Å². The first kappa shape index (κ1) is 12.3. The molecule has 0 atom stereocenters. The van der Waals surface area contributed by atoms with Crippen LogP contribution >= 0.6 is 11.6 Å². The van der Waals surface area contributed by atoms with Crippen LogP contribution in [0.2, 0.25) is 5.02 Å². The number of aromatic nitrogens is 1. The standard InChI is InChI=1S/C15H18ClN/c1-4-5-14-10-11(2)15(17(14)3)12-6-8-13(16)9-7-12/h6-10H,4-5H2,1-3H3. The van der Waals surface area contributed by atoms with Gasteiger partial charge in [-0.05, 0) is 42.7 Å². The van der Waals surface area contributed by atoms with Crippen molar-refractivity contribution in [3.05, 3.63) is 46.6 Å². The molecule has 1 aromatic heterocycles. The first-order chi connectivity index (χ1) is 8.13. The molecule has 2 rings (SSSR count). The van der Waals surface area contributed by atoms with Crippen LogP contribution in [0.5, 0.6) is 0 Å². The number of hydrogen-bond donors (Lipinski definition) is 0. The molecular weight excluding hydrogens is 230 g/mol. The maximum atomic E-state index is 5.93. The number of benzene rings is 1. The second-order valence-electron chi connectivity index (χ2n) is 4.48. The van der Waals surface area contributed by atoms with Crippen LogP contribution in [0.1, 0.15) is 24.6 Å². The van der Waals surface area contributed by atoms with Crippen molar-refractivity contribution in [2.24, 2.45) is 7.05 Å². The number of aryl methyl sites for hydroxylation is 2. The Hall–Kier alpha value is -1.21. The molecule has 2 aromatic rings. The van der Waals surface area contributed by atoms with Crippen LogP contribution in [0.15, 0.2) is 30.3 Å². The minimum atomic E-state index is 0.786. The van der Waals surface area contributed by atoms with Gasteiger partial charge in [-0.1, -0.05) is 37.1 Å². The fourth-order valence-electron chi connectivity index (χ4n) is 2.35. The molecule has 17 heavy (non-hydrogen) atoms. The largest absolute Gasteiger partial charge is 0.347 e. The molecule has 0 saturated heterocycles. The number of rotatable bonds is 3. The molecule has 90 valence electrons. The van der Waals surface area contributed by atoms with E-state index in [0.717, 1.165) is 11.4 Å². The summed E-state index contributed by atoms with van der Waals surface area (Å²) in [6.07, 6.45) is 2.31. The molecule has 0 aliphatic carbocycles. The second-order valence-corrected chi connectivity index (χ2v) is 4.92. The molecule has 0 fully saturated rings. The summed E-state index contributed by atoms with van der Waals surface area (Å²) in [7, 11) is 2.14. The predicted octanol–water partition coefficient (Wildman–Crippen LogP) is 4.61. The summed E-state index contributed by atoms with van der Waals surface area (Å²) in [6, 6.07) is 10.3. The molecular formula is C15H18ClN. The normalized spacial score (nSPS) is 10.8. The summed E-state index contributed by atoms with van der Waals surface area (Å²) < 4.78 is 2.29. The Morgan fingerprint density at radius 1 is 1.18 bits per heavy atom. The molecule has 0 amide bonds. The van der Waals surface area contributed by atoms with Gasteiger partial charge in [-0.3, -0.25) is 0 Å².